The molecule has 1 aliphatic rings. The molecule has 5 heteroatoms. The van der Waals surface area contributed by atoms with E-state index in [1.54, 1.807) is 7.05 Å². The van der Waals surface area contributed by atoms with Gasteiger partial charge in [-0.1, -0.05) is 0 Å². The molecule has 1 fully saturated rings. The normalized spacial score (nSPS) is 19.9. The van der Waals surface area contributed by atoms with Crippen molar-refractivity contribution in [3.05, 3.63) is 28.7 Å². The van der Waals surface area contributed by atoms with Crippen LogP contribution in [0.1, 0.15) is 6.42 Å². The fraction of sp³-hybridized carbons (Fsp3) is 0.417. The van der Waals surface area contributed by atoms with E-state index in [2.05, 4.69) is 10.6 Å². The molecule has 1 aromatic carbocycles. The molecule has 0 saturated carbocycles. The molecule has 0 radical (unpaired) electrons. The maximum atomic E-state index is 11.4. The van der Waals surface area contributed by atoms with E-state index in [0.717, 1.165) is 30.7 Å². The number of hydrogen-bond acceptors (Lipinski definition) is 4. The summed E-state index contributed by atoms with van der Waals surface area (Å²) in [6.45, 7) is 2.05. The number of anilines is 1. The van der Waals surface area contributed by atoms with E-state index < -0.39 is 0 Å². The van der Waals surface area contributed by atoms with Crippen molar-refractivity contribution in [3.8, 4) is 0 Å². The number of aryl methyl sites for hydroxylation is 1. The Hall–Kier alpha value is -1.75. The van der Waals surface area contributed by atoms with Gasteiger partial charge in [0.2, 0.25) is 0 Å². The van der Waals surface area contributed by atoms with E-state index in [-0.39, 0.29) is 5.76 Å². The van der Waals surface area contributed by atoms with Crippen LogP contribution in [-0.4, -0.2) is 23.7 Å². The molecule has 2 aromatic rings. The van der Waals surface area contributed by atoms with Crippen LogP contribution in [0.4, 0.5) is 5.69 Å². The third-order valence-electron chi connectivity index (χ3n) is 3.22. The summed E-state index contributed by atoms with van der Waals surface area (Å²) in [6, 6.07) is 6.21. The SMILES string of the molecule is Cn1c(=O)oc2ccc(NC3CCNC3)cc21. The third-order valence-corrected chi connectivity index (χ3v) is 3.22. The van der Waals surface area contributed by atoms with Gasteiger partial charge in [-0.3, -0.25) is 4.57 Å². The first-order chi connectivity index (χ1) is 8.24. The Balaban J connectivity index is 1.95. The first-order valence-electron chi connectivity index (χ1n) is 5.81. The van der Waals surface area contributed by atoms with Gasteiger partial charge in [-0.25, -0.2) is 4.79 Å². The third kappa shape index (κ3) is 1.82. The van der Waals surface area contributed by atoms with Crippen LogP contribution >= 0.6 is 0 Å². The maximum Gasteiger partial charge on any atom is 0.419 e. The Morgan fingerprint density at radius 1 is 1.53 bits per heavy atom. The van der Waals surface area contributed by atoms with Crippen LogP contribution in [0.25, 0.3) is 11.1 Å². The quantitative estimate of drug-likeness (QED) is 0.809. The summed E-state index contributed by atoms with van der Waals surface area (Å²) in [7, 11) is 1.72. The molecule has 0 bridgehead atoms. The van der Waals surface area contributed by atoms with Gasteiger partial charge in [-0.15, -0.1) is 0 Å². The molecular weight excluding hydrogens is 218 g/mol. The summed E-state index contributed by atoms with van der Waals surface area (Å²) >= 11 is 0. The zero-order valence-corrected chi connectivity index (χ0v) is 9.69. The maximum absolute atomic E-state index is 11.4. The summed E-state index contributed by atoms with van der Waals surface area (Å²) in [4.78, 5) is 11.4. The number of aromatic nitrogens is 1. The van der Waals surface area contributed by atoms with Crippen LogP contribution in [0, 0.1) is 0 Å². The standard InChI is InChI=1S/C12H15N3O2/c1-15-10-6-8(14-9-4-5-13-7-9)2-3-11(10)17-12(15)16/h2-3,6,9,13-14H,4-5,7H2,1H3. The highest BCUT2D eigenvalue weighted by molar-refractivity contribution is 5.77. The van der Waals surface area contributed by atoms with Crippen LogP contribution in [-0.2, 0) is 7.05 Å². The predicted octanol–water partition coefficient (Wildman–Crippen LogP) is 0.905. The average molecular weight is 233 g/mol. The summed E-state index contributed by atoms with van der Waals surface area (Å²) in [5.74, 6) is -0.320. The number of oxazole rings is 1. The number of rotatable bonds is 2. The van der Waals surface area contributed by atoms with Gasteiger partial charge in [0.25, 0.3) is 0 Å². The Morgan fingerprint density at radius 3 is 3.18 bits per heavy atom. The monoisotopic (exact) mass is 233 g/mol. The molecular formula is C12H15N3O2. The molecule has 17 heavy (non-hydrogen) atoms. The van der Waals surface area contributed by atoms with Crippen molar-refractivity contribution in [3.63, 3.8) is 0 Å². The van der Waals surface area contributed by atoms with Gasteiger partial charge in [0.1, 0.15) is 0 Å². The Labute approximate surface area is 98.4 Å². The Kier molecular flexibility index (Phi) is 2.40. The van der Waals surface area contributed by atoms with E-state index in [4.69, 9.17) is 4.42 Å². The van der Waals surface area contributed by atoms with Gasteiger partial charge in [0.15, 0.2) is 5.58 Å². The first kappa shape index (κ1) is 10.4. The summed E-state index contributed by atoms with van der Waals surface area (Å²) < 4.78 is 6.61. The van der Waals surface area contributed by atoms with Gasteiger partial charge in [0, 0.05) is 25.3 Å². The zero-order valence-electron chi connectivity index (χ0n) is 9.69. The van der Waals surface area contributed by atoms with E-state index in [9.17, 15) is 4.79 Å². The topological polar surface area (TPSA) is 59.2 Å². The molecule has 1 aromatic heterocycles. The predicted molar refractivity (Wildman–Crippen MR) is 66.4 cm³/mol. The summed E-state index contributed by atoms with van der Waals surface area (Å²) in [5.41, 5.74) is 2.49. The molecule has 0 spiro atoms. The highest BCUT2D eigenvalue weighted by Gasteiger charge is 2.14. The van der Waals surface area contributed by atoms with Crippen LogP contribution in [0.5, 0.6) is 0 Å². The van der Waals surface area contributed by atoms with Crippen molar-refractivity contribution in [1.82, 2.24) is 9.88 Å². The van der Waals surface area contributed by atoms with Crippen molar-refractivity contribution in [2.24, 2.45) is 7.05 Å². The lowest BCUT2D eigenvalue weighted by Gasteiger charge is -2.12. The van der Waals surface area contributed by atoms with Crippen molar-refractivity contribution >= 4 is 16.8 Å². The minimum atomic E-state index is -0.320. The molecule has 2 heterocycles. The molecule has 0 amide bonds. The van der Waals surface area contributed by atoms with E-state index >= 15 is 0 Å². The fourth-order valence-electron chi connectivity index (χ4n) is 2.23. The number of nitrogens with one attached hydrogen (secondary N) is 2. The molecule has 90 valence electrons. The number of benzene rings is 1. The van der Waals surface area contributed by atoms with Crippen molar-refractivity contribution in [1.29, 1.82) is 0 Å². The van der Waals surface area contributed by atoms with E-state index in [1.165, 1.54) is 4.57 Å². The number of nitrogens with zero attached hydrogens (tertiary/aromatic N) is 1. The van der Waals surface area contributed by atoms with E-state index in [0.29, 0.717) is 11.6 Å². The second kappa shape index (κ2) is 3.92. The average Bonchev–Trinajstić information content (AvgIpc) is 2.91. The minimum Gasteiger partial charge on any atom is -0.408 e. The number of fused-ring (bicyclic) bond motifs is 1. The van der Waals surface area contributed by atoms with Crippen LogP contribution in [0.15, 0.2) is 27.4 Å². The molecule has 1 aliphatic heterocycles. The molecule has 3 rings (SSSR count). The Bertz CT molecular complexity index is 593. The smallest absolute Gasteiger partial charge is 0.408 e. The van der Waals surface area contributed by atoms with Gasteiger partial charge < -0.3 is 15.1 Å². The largest absolute Gasteiger partial charge is 0.419 e. The second-order valence-electron chi connectivity index (χ2n) is 4.44. The fourth-order valence-corrected chi connectivity index (χ4v) is 2.23. The first-order valence-corrected chi connectivity index (χ1v) is 5.81. The van der Waals surface area contributed by atoms with E-state index in [1.807, 2.05) is 18.2 Å². The molecule has 1 saturated heterocycles. The van der Waals surface area contributed by atoms with Crippen LogP contribution in [0.2, 0.25) is 0 Å². The van der Waals surface area contributed by atoms with Gasteiger partial charge in [0.05, 0.1) is 5.52 Å². The molecule has 0 aliphatic carbocycles. The van der Waals surface area contributed by atoms with Gasteiger partial charge >= 0.3 is 5.76 Å². The lowest BCUT2D eigenvalue weighted by Crippen LogP contribution is -2.22. The van der Waals surface area contributed by atoms with Crippen molar-refractivity contribution in [2.45, 2.75) is 12.5 Å². The highest BCUT2D eigenvalue weighted by atomic mass is 16.4. The van der Waals surface area contributed by atoms with Gasteiger partial charge in [-0.05, 0) is 31.2 Å². The zero-order chi connectivity index (χ0) is 11.8. The lowest BCUT2D eigenvalue weighted by molar-refractivity contribution is 0.528. The Morgan fingerprint density at radius 2 is 2.41 bits per heavy atom. The number of hydrogen-bond donors (Lipinski definition) is 2. The summed E-state index contributed by atoms with van der Waals surface area (Å²) in [6.07, 6.45) is 1.13. The summed E-state index contributed by atoms with van der Waals surface area (Å²) in [5, 5.41) is 6.76. The lowest BCUT2D eigenvalue weighted by atomic mass is 10.2. The highest BCUT2D eigenvalue weighted by Crippen LogP contribution is 2.19. The molecule has 1 atom stereocenters. The van der Waals surface area contributed by atoms with Crippen molar-refractivity contribution < 1.29 is 4.42 Å². The minimum absolute atomic E-state index is 0.320. The molecule has 1 unspecified atom stereocenters. The molecule has 5 nitrogen and oxygen atoms in total. The van der Waals surface area contributed by atoms with Crippen molar-refractivity contribution in [2.75, 3.05) is 18.4 Å². The van der Waals surface area contributed by atoms with Gasteiger partial charge in [-0.2, -0.15) is 0 Å². The second-order valence-corrected chi connectivity index (χ2v) is 4.44. The molecule has 2 N–H and O–H groups in total. The van der Waals surface area contributed by atoms with Crippen LogP contribution < -0.4 is 16.4 Å². The van der Waals surface area contributed by atoms with Crippen LogP contribution in [0.3, 0.4) is 0 Å².